The maximum absolute atomic E-state index is 3.79. The van der Waals surface area contributed by atoms with E-state index in [9.17, 15) is 0 Å². The molecule has 192 valence electrons. The summed E-state index contributed by atoms with van der Waals surface area (Å²) < 4.78 is 0. The van der Waals surface area contributed by atoms with E-state index >= 15 is 0 Å². The van der Waals surface area contributed by atoms with Gasteiger partial charge >= 0.3 is 0 Å². The van der Waals surface area contributed by atoms with Crippen LogP contribution in [0.25, 0.3) is 0 Å². The van der Waals surface area contributed by atoms with E-state index in [-0.39, 0.29) is 16.2 Å². The largest absolute Gasteiger partial charge is 0.180 e. The highest BCUT2D eigenvalue weighted by molar-refractivity contribution is 8.33. The summed E-state index contributed by atoms with van der Waals surface area (Å²) >= 11 is 3.79. The third-order valence-corrected chi connectivity index (χ3v) is 10.2. The average molecular weight is 509 g/mol. The van der Waals surface area contributed by atoms with Gasteiger partial charge in [-0.25, -0.2) is 0 Å². The van der Waals surface area contributed by atoms with E-state index < -0.39 is 10.0 Å². The van der Waals surface area contributed by atoms with Gasteiger partial charge in [-0.1, -0.05) is 106 Å². The van der Waals surface area contributed by atoms with Crippen LogP contribution in [0.3, 0.4) is 0 Å². The first kappa shape index (κ1) is 29.6. The van der Waals surface area contributed by atoms with Crippen molar-refractivity contribution in [1.29, 1.82) is 0 Å². The molecule has 0 spiro atoms. The van der Waals surface area contributed by atoms with Crippen LogP contribution in [0.5, 0.6) is 0 Å². The molecule has 3 aromatic rings. The molecule has 3 aromatic carbocycles. The predicted molar refractivity (Wildman–Crippen MR) is 163 cm³/mol. The lowest BCUT2D eigenvalue weighted by molar-refractivity contribution is 0.589. The summed E-state index contributed by atoms with van der Waals surface area (Å²) in [6.07, 6.45) is 2.46. The van der Waals surface area contributed by atoms with Gasteiger partial charge in [0.15, 0.2) is 0 Å². The highest BCUT2D eigenvalue weighted by atomic mass is 32.3. The Morgan fingerprint density at radius 2 is 0.657 bits per heavy atom. The van der Waals surface area contributed by atoms with Crippen LogP contribution in [0.15, 0.2) is 87.5 Å². The van der Waals surface area contributed by atoms with E-state index in [0.717, 1.165) is 5.75 Å². The summed E-state index contributed by atoms with van der Waals surface area (Å²) in [7, 11) is -1.36. The van der Waals surface area contributed by atoms with Crippen LogP contribution < -0.4 is 0 Å². The summed E-state index contributed by atoms with van der Waals surface area (Å²) in [5, 5.41) is 0. The van der Waals surface area contributed by atoms with Crippen molar-refractivity contribution >= 4 is 22.7 Å². The molecule has 0 saturated heterocycles. The van der Waals surface area contributed by atoms with Gasteiger partial charge in [-0.05, 0) is 96.0 Å². The van der Waals surface area contributed by atoms with Crippen LogP contribution in [-0.4, -0.2) is 12.0 Å². The molecule has 3 rings (SSSR count). The lowest BCUT2D eigenvalue weighted by atomic mass is 9.87. The third-order valence-electron chi connectivity index (χ3n) is 6.58. The topological polar surface area (TPSA) is 0 Å². The Morgan fingerprint density at radius 1 is 0.486 bits per heavy atom. The quantitative estimate of drug-likeness (QED) is 0.334. The first-order valence-corrected chi connectivity index (χ1v) is 15.4. The fraction of sp³-hybridized carbons (Fsp3) is 0.455. The van der Waals surface area contributed by atoms with Gasteiger partial charge in [0.1, 0.15) is 0 Å². The van der Waals surface area contributed by atoms with Crippen LogP contribution in [0, 0.1) is 0 Å². The molecule has 0 N–H and O–H groups in total. The van der Waals surface area contributed by atoms with E-state index in [0.29, 0.717) is 0 Å². The molecular weight excluding hydrogens is 460 g/mol. The van der Waals surface area contributed by atoms with E-state index in [1.54, 1.807) is 0 Å². The zero-order chi connectivity index (χ0) is 26.7. The van der Waals surface area contributed by atoms with Crippen molar-refractivity contribution in [2.24, 2.45) is 0 Å². The van der Waals surface area contributed by atoms with Crippen molar-refractivity contribution in [3.8, 4) is 0 Å². The number of benzene rings is 3. The lowest BCUT2D eigenvalue weighted by Gasteiger charge is -2.38. The maximum atomic E-state index is 3.79. The van der Waals surface area contributed by atoms with Gasteiger partial charge in [-0.15, -0.1) is 0 Å². The molecule has 0 aromatic heterocycles. The second kappa shape index (κ2) is 11.2. The Balaban J connectivity index is 0.00000137. The zero-order valence-corrected chi connectivity index (χ0v) is 25.7. The summed E-state index contributed by atoms with van der Waals surface area (Å²) in [6, 6.07) is 28.2. The Hall–Kier alpha value is -1.64. The number of rotatable bonds is 3. The Bertz CT molecular complexity index is 913. The van der Waals surface area contributed by atoms with E-state index in [2.05, 4.69) is 154 Å². The fourth-order valence-electron chi connectivity index (χ4n) is 4.09. The molecule has 0 aliphatic heterocycles. The van der Waals surface area contributed by atoms with Gasteiger partial charge in [0.05, 0.1) is 0 Å². The second-order valence-corrected chi connectivity index (χ2v) is 16.4. The molecule has 0 aliphatic rings. The van der Waals surface area contributed by atoms with Crippen LogP contribution in [0.2, 0.25) is 0 Å². The molecule has 0 radical (unpaired) electrons. The van der Waals surface area contributed by atoms with Crippen LogP contribution in [0.1, 0.15) is 85.9 Å². The molecule has 0 fully saturated rings. The van der Waals surface area contributed by atoms with Gasteiger partial charge in [0, 0.05) is 0 Å². The van der Waals surface area contributed by atoms with Gasteiger partial charge in [0.2, 0.25) is 0 Å². The standard InChI is InChI=1S/C31H42S.C2H6S/c1-29(2,3)23-11-17-26(18-12-23)32(10,27-19-13-24(14-20-27)30(4,5)6)28-21-15-25(16-22-28)31(7,8)9;1-2-3/h11-22H,1-10H3;3H,2H2,1H3. The first-order valence-electron chi connectivity index (χ1n) is 12.8. The molecule has 0 aliphatic carbocycles. The monoisotopic (exact) mass is 508 g/mol. The smallest absolute Gasteiger partial charge is 0.00210 e. The van der Waals surface area contributed by atoms with Gasteiger partial charge in [0.25, 0.3) is 0 Å². The van der Waals surface area contributed by atoms with Crippen LogP contribution in [-0.2, 0) is 16.2 Å². The second-order valence-electron chi connectivity index (χ2n) is 12.6. The fourth-order valence-corrected chi connectivity index (χ4v) is 6.95. The molecule has 35 heavy (non-hydrogen) atoms. The zero-order valence-electron chi connectivity index (χ0n) is 24.0. The maximum Gasteiger partial charge on any atom is -0.00210 e. The normalized spacial score (nSPS) is 13.1. The molecule has 0 bridgehead atoms. The van der Waals surface area contributed by atoms with Crippen LogP contribution in [0.4, 0.5) is 0 Å². The van der Waals surface area contributed by atoms with Gasteiger partial charge in [-0.2, -0.15) is 22.7 Å². The van der Waals surface area contributed by atoms with Crippen molar-refractivity contribution in [3.05, 3.63) is 89.5 Å². The molecular formula is C33H48S2. The molecule has 0 atom stereocenters. The van der Waals surface area contributed by atoms with Crippen molar-refractivity contribution < 1.29 is 0 Å². The number of thiol groups is 1. The summed E-state index contributed by atoms with van der Waals surface area (Å²) in [4.78, 5) is 4.24. The Morgan fingerprint density at radius 3 is 0.800 bits per heavy atom. The van der Waals surface area contributed by atoms with E-state index in [1.165, 1.54) is 31.4 Å². The minimum absolute atomic E-state index is 0.160. The molecule has 0 heterocycles. The third kappa shape index (κ3) is 7.20. The van der Waals surface area contributed by atoms with Crippen molar-refractivity contribution in [3.63, 3.8) is 0 Å². The van der Waals surface area contributed by atoms with E-state index in [4.69, 9.17) is 0 Å². The molecule has 2 heteroatoms. The lowest BCUT2D eigenvalue weighted by Crippen LogP contribution is -2.12. The predicted octanol–water partition coefficient (Wildman–Crippen LogP) is 10.4. The Labute approximate surface area is 223 Å². The molecule has 0 saturated carbocycles. The molecule has 0 unspecified atom stereocenters. The number of hydrogen-bond acceptors (Lipinski definition) is 1. The van der Waals surface area contributed by atoms with Crippen LogP contribution >= 0.6 is 22.7 Å². The molecule has 0 amide bonds. The summed E-state index contributed by atoms with van der Waals surface area (Å²) in [6.45, 7) is 22.5. The van der Waals surface area contributed by atoms with Gasteiger partial charge in [-0.3, -0.25) is 0 Å². The van der Waals surface area contributed by atoms with Crippen molar-refractivity contribution in [2.45, 2.75) is 100 Å². The van der Waals surface area contributed by atoms with Crippen molar-refractivity contribution in [1.82, 2.24) is 0 Å². The SMILES string of the molecule is CC(C)(C)c1ccc(S(C)(c2ccc(C(C)(C)C)cc2)c2ccc(C(C)(C)C)cc2)cc1.CCS. The van der Waals surface area contributed by atoms with Gasteiger partial charge < -0.3 is 0 Å². The molecule has 0 nitrogen and oxygen atoms in total. The average Bonchev–Trinajstić information content (AvgIpc) is 2.78. The Kier molecular flexibility index (Phi) is 9.45. The number of hydrogen-bond donors (Lipinski definition) is 1. The minimum atomic E-state index is -1.36. The van der Waals surface area contributed by atoms with E-state index in [1.807, 2.05) is 6.92 Å². The summed E-state index contributed by atoms with van der Waals surface area (Å²) in [5.41, 5.74) is 4.63. The van der Waals surface area contributed by atoms with Crippen molar-refractivity contribution in [2.75, 3.05) is 12.0 Å². The summed E-state index contributed by atoms with van der Waals surface area (Å²) in [5.74, 6) is 0.944. The minimum Gasteiger partial charge on any atom is -0.180 e. The first-order chi connectivity index (χ1) is 16.0. The highest BCUT2D eigenvalue weighted by Gasteiger charge is 2.28. The highest BCUT2D eigenvalue weighted by Crippen LogP contribution is 2.65.